The Morgan fingerprint density at radius 2 is 2.16 bits per heavy atom. The van der Waals surface area contributed by atoms with Crippen LogP contribution in [0.5, 0.6) is 0 Å². The van der Waals surface area contributed by atoms with E-state index in [0.29, 0.717) is 22.2 Å². The second-order valence-electron chi connectivity index (χ2n) is 4.22. The van der Waals surface area contributed by atoms with Crippen LogP contribution in [0.2, 0.25) is 10.0 Å². The fraction of sp³-hybridized carbons (Fsp3) is 0.417. The van der Waals surface area contributed by atoms with E-state index in [0.717, 1.165) is 22.5 Å². The number of thioether (sulfide) groups is 1. The number of benzene rings is 1. The summed E-state index contributed by atoms with van der Waals surface area (Å²) in [6.45, 7) is 0.947. The highest BCUT2D eigenvalue weighted by Gasteiger charge is 2.18. The summed E-state index contributed by atoms with van der Waals surface area (Å²) in [5.74, 6) is 1.98. The van der Waals surface area contributed by atoms with Gasteiger partial charge in [-0.3, -0.25) is 4.79 Å². The van der Waals surface area contributed by atoms with Gasteiger partial charge in [-0.05, 0) is 12.1 Å². The van der Waals surface area contributed by atoms with Gasteiger partial charge in [0.1, 0.15) is 0 Å². The zero-order chi connectivity index (χ0) is 13.8. The molecule has 1 aliphatic heterocycles. The van der Waals surface area contributed by atoms with Crippen molar-refractivity contribution >= 4 is 62.5 Å². The molecule has 7 heteroatoms. The molecule has 1 saturated heterocycles. The molecule has 3 nitrogen and oxygen atoms in total. The smallest absolute Gasteiger partial charge is 0.226 e. The van der Waals surface area contributed by atoms with Crippen LogP contribution in [-0.2, 0) is 4.79 Å². The number of carbonyl (C=O) groups is 1. The molecule has 0 radical (unpaired) electrons. The second kappa shape index (κ2) is 7.18. The van der Waals surface area contributed by atoms with E-state index in [2.05, 4.69) is 26.6 Å². The van der Waals surface area contributed by atoms with E-state index < -0.39 is 0 Å². The lowest BCUT2D eigenvalue weighted by Crippen LogP contribution is -2.39. The Morgan fingerprint density at radius 1 is 1.47 bits per heavy atom. The summed E-state index contributed by atoms with van der Waals surface area (Å²) < 4.78 is 0.783. The van der Waals surface area contributed by atoms with Crippen LogP contribution >= 0.6 is 50.9 Å². The minimum absolute atomic E-state index is 0.0777. The van der Waals surface area contributed by atoms with Crippen molar-refractivity contribution in [3.63, 3.8) is 0 Å². The van der Waals surface area contributed by atoms with Crippen molar-refractivity contribution in [1.82, 2.24) is 5.32 Å². The third-order valence-corrected chi connectivity index (χ3v) is 4.89. The minimum Gasteiger partial charge on any atom is -0.323 e. The maximum Gasteiger partial charge on any atom is 0.226 e. The van der Waals surface area contributed by atoms with E-state index >= 15 is 0 Å². The molecule has 0 bridgehead atoms. The summed E-state index contributed by atoms with van der Waals surface area (Å²) in [5, 5.41) is 6.96. The average molecular weight is 384 g/mol. The van der Waals surface area contributed by atoms with Gasteiger partial charge in [-0.1, -0.05) is 39.1 Å². The van der Waals surface area contributed by atoms with Crippen molar-refractivity contribution in [2.45, 2.75) is 12.5 Å². The molecule has 1 atom stereocenters. The van der Waals surface area contributed by atoms with E-state index in [1.807, 2.05) is 11.8 Å². The molecule has 1 aromatic rings. The predicted octanol–water partition coefficient (Wildman–Crippen LogP) is 3.79. The van der Waals surface area contributed by atoms with Gasteiger partial charge < -0.3 is 10.6 Å². The Bertz CT molecular complexity index is 458. The number of hydrogen-bond acceptors (Lipinski definition) is 3. The summed E-state index contributed by atoms with van der Waals surface area (Å²) in [4.78, 5) is 12.0. The first-order valence-electron chi connectivity index (χ1n) is 5.82. The highest BCUT2D eigenvalue weighted by molar-refractivity contribution is 9.10. The topological polar surface area (TPSA) is 41.1 Å². The number of halogens is 3. The molecule has 1 aromatic carbocycles. The van der Waals surface area contributed by atoms with Crippen LogP contribution in [0.1, 0.15) is 6.42 Å². The number of hydrogen-bond donors (Lipinski definition) is 2. The van der Waals surface area contributed by atoms with Crippen molar-refractivity contribution in [3.8, 4) is 0 Å². The van der Waals surface area contributed by atoms with Gasteiger partial charge in [0.05, 0.1) is 15.7 Å². The molecule has 1 heterocycles. The maximum atomic E-state index is 12.0. The highest BCUT2D eigenvalue weighted by atomic mass is 79.9. The number of rotatable bonds is 3. The number of carbonyl (C=O) groups excluding carboxylic acids is 1. The summed E-state index contributed by atoms with van der Waals surface area (Å²) in [6.07, 6.45) is 0.426. The van der Waals surface area contributed by atoms with Gasteiger partial charge >= 0.3 is 0 Å². The Hall–Kier alpha value is 0.0600. The van der Waals surface area contributed by atoms with Gasteiger partial charge in [0.2, 0.25) is 5.91 Å². The largest absolute Gasteiger partial charge is 0.323 e. The third-order valence-electron chi connectivity index (χ3n) is 2.70. The summed E-state index contributed by atoms with van der Waals surface area (Å²) >= 11 is 17.3. The fourth-order valence-electron chi connectivity index (χ4n) is 1.83. The maximum absolute atomic E-state index is 12.0. The van der Waals surface area contributed by atoms with Crippen LogP contribution < -0.4 is 10.6 Å². The number of nitrogens with one attached hydrogen (secondary N) is 2. The van der Waals surface area contributed by atoms with Crippen LogP contribution in [0.25, 0.3) is 0 Å². The second-order valence-corrected chi connectivity index (χ2v) is 7.10. The SMILES string of the molecule is O=C(CC1CSCCN1)Nc1c(Cl)cc(Br)cc1Cl. The van der Waals surface area contributed by atoms with Gasteiger partial charge in [-0.25, -0.2) is 0 Å². The molecule has 1 fully saturated rings. The zero-order valence-electron chi connectivity index (χ0n) is 10.0. The van der Waals surface area contributed by atoms with Gasteiger partial charge in [0.25, 0.3) is 0 Å². The monoisotopic (exact) mass is 382 g/mol. The van der Waals surface area contributed by atoms with Crippen molar-refractivity contribution in [1.29, 1.82) is 0 Å². The first-order valence-corrected chi connectivity index (χ1v) is 8.52. The lowest BCUT2D eigenvalue weighted by Gasteiger charge is -2.22. The molecule has 0 aliphatic carbocycles. The van der Waals surface area contributed by atoms with E-state index in [9.17, 15) is 4.79 Å². The fourth-order valence-corrected chi connectivity index (χ4v) is 4.08. The lowest BCUT2D eigenvalue weighted by molar-refractivity contribution is -0.116. The molecule has 2 rings (SSSR count). The summed E-state index contributed by atoms with van der Waals surface area (Å²) in [7, 11) is 0. The first kappa shape index (κ1) is 15.4. The standard InChI is InChI=1S/C12H13BrCl2N2OS/c13-7-3-9(14)12(10(15)4-7)17-11(18)5-8-6-19-2-1-16-8/h3-4,8,16H,1-2,5-6H2,(H,17,18). The Balaban J connectivity index is 1.98. The summed E-state index contributed by atoms with van der Waals surface area (Å²) in [5.41, 5.74) is 0.472. The minimum atomic E-state index is -0.0777. The summed E-state index contributed by atoms with van der Waals surface area (Å²) in [6, 6.07) is 3.63. The molecule has 1 amide bonds. The molecular weight excluding hydrogens is 371 g/mol. The molecule has 0 saturated carbocycles. The van der Waals surface area contributed by atoms with E-state index in [4.69, 9.17) is 23.2 Å². The number of amides is 1. The highest BCUT2D eigenvalue weighted by Crippen LogP contribution is 2.33. The van der Waals surface area contributed by atoms with Gasteiger partial charge in [-0.15, -0.1) is 0 Å². The van der Waals surface area contributed by atoms with Crippen LogP contribution in [0.4, 0.5) is 5.69 Å². The van der Waals surface area contributed by atoms with Crippen LogP contribution in [-0.4, -0.2) is 30.0 Å². The Kier molecular flexibility index (Phi) is 5.84. The van der Waals surface area contributed by atoms with Crippen molar-refractivity contribution < 1.29 is 4.79 Å². The molecule has 0 aromatic heterocycles. The third kappa shape index (κ3) is 4.53. The quantitative estimate of drug-likeness (QED) is 0.834. The average Bonchev–Trinajstić information content (AvgIpc) is 2.35. The van der Waals surface area contributed by atoms with Crippen molar-refractivity contribution in [2.75, 3.05) is 23.4 Å². The predicted molar refractivity (Wildman–Crippen MR) is 86.5 cm³/mol. The molecule has 19 heavy (non-hydrogen) atoms. The van der Waals surface area contributed by atoms with Gasteiger partial charge in [0.15, 0.2) is 0 Å². The molecular formula is C12H13BrCl2N2OS. The molecule has 1 aliphatic rings. The van der Waals surface area contributed by atoms with E-state index in [-0.39, 0.29) is 11.9 Å². The zero-order valence-corrected chi connectivity index (χ0v) is 13.9. The molecule has 0 spiro atoms. The van der Waals surface area contributed by atoms with Crippen LogP contribution in [0, 0.1) is 0 Å². The lowest BCUT2D eigenvalue weighted by atomic mass is 10.2. The Morgan fingerprint density at radius 3 is 2.74 bits per heavy atom. The first-order chi connectivity index (χ1) is 9.06. The Labute approximate surface area is 134 Å². The molecule has 104 valence electrons. The molecule has 2 N–H and O–H groups in total. The van der Waals surface area contributed by atoms with Crippen LogP contribution in [0.3, 0.4) is 0 Å². The molecule has 1 unspecified atom stereocenters. The van der Waals surface area contributed by atoms with Gasteiger partial charge in [-0.2, -0.15) is 11.8 Å². The van der Waals surface area contributed by atoms with E-state index in [1.165, 1.54) is 0 Å². The van der Waals surface area contributed by atoms with E-state index in [1.54, 1.807) is 12.1 Å². The van der Waals surface area contributed by atoms with Crippen LogP contribution in [0.15, 0.2) is 16.6 Å². The van der Waals surface area contributed by atoms with Crippen molar-refractivity contribution in [2.24, 2.45) is 0 Å². The number of anilines is 1. The normalized spacial score (nSPS) is 19.2. The van der Waals surface area contributed by atoms with Crippen molar-refractivity contribution in [3.05, 3.63) is 26.7 Å². The van der Waals surface area contributed by atoms with Gasteiger partial charge in [0, 0.05) is 35.0 Å².